The topological polar surface area (TPSA) is 47.3 Å². The van der Waals surface area contributed by atoms with Crippen LogP contribution in [0.1, 0.15) is 11.5 Å². The Kier molecular flexibility index (Phi) is 3.76. The van der Waals surface area contributed by atoms with Crippen LogP contribution in [-0.4, -0.2) is 25.4 Å². The van der Waals surface area contributed by atoms with Gasteiger partial charge >= 0.3 is 0 Å². The van der Waals surface area contributed by atoms with Crippen molar-refractivity contribution in [3.8, 4) is 0 Å². The van der Waals surface area contributed by atoms with Crippen LogP contribution in [0.2, 0.25) is 0 Å². The fourth-order valence-electron chi connectivity index (χ4n) is 0.831. The fraction of sp³-hybridized carbons (Fsp3) is 0.625. The van der Waals surface area contributed by atoms with Gasteiger partial charge in [0.05, 0.1) is 12.3 Å². The molecule has 0 bridgehead atoms. The molecule has 4 nitrogen and oxygen atoms in total. The number of nitrogens with zero attached hydrogens (tertiary/aromatic N) is 1. The summed E-state index contributed by atoms with van der Waals surface area (Å²) in [6.45, 7) is 3.94. The number of hydrogen-bond acceptors (Lipinski definition) is 4. The van der Waals surface area contributed by atoms with Crippen LogP contribution in [0, 0.1) is 6.92 Å². The summed E-state index contributed by atoms with van der Waals surface area (Å²) in [6.07, 6.45) is 0. The third-order valence-electron chi connectivity index (χ3n) is 1.42. The molecule has 0 aliphatic carbocycles. The van der Waals surface area contributed by atoms with Gasteiger partial charge in [0.2, 0.25) is 0 Å². The van der Waals surface area contributed by atoms with Crippen LogP contribution in [0.5, 0.6) is 0 Å². The Labute approximate surface area is 71.9 Å². The van der Waals surface area contributed by atoms with Crippen LogP contribution in [0.15, 0.2) is 10.6 Å². The highest BCUT2D eigenvalue weighted by Gasteiger charge is 1.98. The Morgan fingerprint density at radius 2 is 2.50 bits per heavy atom. The molecule has 1 aromatic rings. The summed E-state index contributed by atoms with van der Waals surface area (Å²) >= 11 is 0. The number of aryl methyl sites for hydroxylation is 1. The van der Waals surface area contributed by atoms with Gasteiger partial charge in [-0.05, 0) is 14.0 Å². The first kappa shape index (κ1) is 9.22. The molecule has 0 saturated carbocycles. The Morgan fingerprint density at radius 3 is 3.08 bits per heavy atom. The fourth-order valence-corrected chi connectivity index (χ4v) is 0.831. The molecule has 0 aliphatic heterocycles. The van der Waals surface area contributed by atoms with Crippen molar-refractivity contribution in [2.75, 3.05) is 20.2 Å². The second-order valence-corrected chi connectivity index (χ2v) is 2.59. The van der Waals surface area contributed by atoms with Crippen LogP contribution in [0.4, 0.5) is 0 Å². The van der Waals surface area contributed by atoms with Crippen molar-refractivity contribution in [2.24, 2.45) is 0 Å². The van der Waals surface area contributed by atoms with Gasteiger partial charge in [0.1, 0.15) is 6.61 Å². The zero-order valence-corrected chi connectivity index (χ0v) is 7.46. The smallest absolute Gasteiger partial charge is 0.162 e. The predicted molar refractivity (Wildman–Crippen MR) is 44.8 cm³/mol. The summed E-state index contributed by atoms with van der Waals surface area (Å²) in [5, 5.41) is 6.73. The van der Waals surface area contributed by atoms with Crippen molar-refractivity contribution >= 4 is 0 Å². The largest absolute Gasteiger partial charge is 0.372 e. The summed E-state index contributed by atoms with van der Waals surface area (Å²) < 4.78 is 10.2. The van der Waals surface area contributed by atoms with E-state index < -0.39 is 0 Å². The van der Waals surface area contributed by atoms with Crippen molar-refractivity contribution in [3.05, 3.63) is 17.5 Å². The first-order valence-electron chi connectivity index (χ1n) is 3.97. The SMILES string of the molecule is CNCCOCc1cc(C)no1. The summed E-state index contributed by atoms with van der Waals surface area (Å²) in [5.74, 6) is 0.781. The van der Waals surface area contributed by atoms with Gasteiger partial charge in [0.25, 0.3) is 0 Å². The van der Waals surface area contributed by atoms with E-state index >= 15 is 0 Å². The van der Waals surface area contributed by atoms with E-state index in [1.807, 2.05) is 20.0 Å². The Bertz CT molecular complexity index is 223. The highest BCUT2D eigenvalue weighted by atomic mass is 16.5. The minimum absolute atomic E-state index is 0.502. The van der Waals surface area contributed by atoms with Crippen molar-refractivity contribution in [2.45, 2.75) is 13.5 Å². The van der Waals surface area contributed by atoms with E-state index in [1.54, 1.807) is 0 Å². The monoisotopic (exact) mass is 170 g/mol. The zero-order valence-electron chi connectivity index (χ0n) is 7.46. The molecule has 1 aromatic heterocycles. The second-order valence-electron chi connectivity index (χ2n) is 2.59. The maximum absolute atomic E-state index is 5.28. The lowest BCUT2D eigenvalue weighted by Crippen LogP contribution is -2.13. The highest BCUT2D eigenvalue weighted by molar-refractivity contribution is 5.01. The molecule has 0 radical (unpaired) electrons. The predicted octanol–water partition coefficient (Wildman–Crippen LogP) is 0.719. The maximum Gasteiger partial charge on any atom is 0.162 e. The molecule has 0 unspecified atom stereocenters. The molecule has 12 heavy (non-hydrogen) atoms. The van der Waals surface area contributed by atoms with Crippen molar-refractivity contribution in [3.63, 3.8) is 0 Å². The van der Waals surface area contributed by atoms with E-state index in [0.29, 0.717) is 13.2 Å². The van der Waals surface area contributed by atoms with Gasteiger partial charge in [0, 0.05) is 12.6 Å². The lowest BCUT2D eigenvalue weighted by Gasteiger charge is -1.99. The van der Waals surface area contributed by atoms with Gasteiger partial charge in [-0.25, -0.2) is 0 Å². The molecule has 0 aliphatic rings. The lowest BCUT2D eigenvalue weighted by molar-refractivity contribution is 0.104. The van der Waals surface area contributed by atoms with E-state index in [4.69, 9.17) is 9.26 Å². The quantitative estimate of drug-likeness (QED) is 0.661. The van der Waals surface area contributed by atoms with Crippen molar-refractivity contribution in [1.29, 1.82) is 0 Å². The van der Waals surface area contributed by atoms with Crippen LogP contribution in [0.25, 0.3) is 0 Å². The van der Waals surface area contributed by atoms with Gasteiger partial charge in [-0.1, -0.05) is 5.16 Å². The summed E-state index contributed by atoms with van der Waals surface area (Å²) in [4.78, 5) is 0. The van der Waals surface area contributed by atoms with Crippen molar-refractivity contribution < 1.29 is 9.26 Å². The minimum atomic E-state index is 0.502. The molecule has 0 fully saturated rings. The molecular weight excluding hydrogens is 156 g/mol. The van der Waals surface area contributed by atoms with E-state index in [2.05, 4.69) is 10.5 Å². The number of nitrogens with one attached hydrogen (secondary N) is 1. The number of ether oxygens (including phenoxy) is 1. The third-order valence-corrected chi connectivity index (χ3v) is 1.42. The molecule has 4 heteroatoms. The maximum atomic E-state index is 5.28. The van der Waals surface area contributed by atoms with Gasteiger partial charge in [-0.15, -0.1) is 0 Å². The molecule has 0 spiro atoms. The molecule has 0 saturated heterocycles. The second kappa shape index (κ2) is 4.90. The summed E-state index contributed by atoms with van der Waals surface area (Å²) in [6, 6.07) is 1.87. The summed E-state index contributed by atoms with van der Waals surface area (Å²) in [7, 11) is 1.89. The van der Waals surface area contributed by atoms with Crippen LogP contribution in [0.3, 0.4) is 0 Å². The Morgan fingerprint density at radius 1 is 1.67 bits per heavy atom. The highest BCUT2D eigenvalue weighted by Crippen LogP contribution is 2.02. The van der Waals surface area contributed by atoms with Gasteiger partial charge < -0.3 is 14.6 Å². The van der Waals surface area contributed by atoms with Crippen LogP contribution < -0.4 is 5.32 Å². The van der Waals surface area contributed by atoms with Gasteiger partial charge in [-0.2, -0.15) is 0 Å². The standard InChI is InChI=1S/C8H14N2O2/c1-7-5-8(12-10-7)6-11-4-3-9-2/h5,9H,3-4,6H2,1-2H3. The van der Waals surface area contributed by atoms with E-state index in [0.717, 1.165) is 18.0 Å². The van der Waals surface area contributed by atoms with E-state index in [9.17, 15) is 0 Å². The first-order chi connectivity index (χ1) is 5.83. The average molecular weight is 170 g/mol. The Hall–Kier alpha value is -0.870. The molecule has 0 atom stereocenters. The summed E-state index contributed by atoms with van der Waals surface area (Å²) in [5.41, 5.74) is 0.891. The molecule has 68 valence electrons. The van der Waals surface area contributed by atoms with Crippen LogP contribution in [-0.2, 0) is 11.3 Å². The molecule has 0 aromatic carbocycles. The Balaban J connectivity index is 2.15. The lowest BCUT2D eigenvalue weighted by atomic mass is 10.4. The number of hydrogen-bond donors (Lipinski definition) is 1. The molecule has 1 rings (SSSR count). The minimum Gasteiger partial charge on any atom is -0.372 e. The third kappa shape index (κ3) is 3.02. The average Bonchev–Trinajstić information content (AvgIpc) is 2.45. The van der Waals surface area contributed by atoms with Crippen molar-refractivity contribution in [1.82, 2.24) is 10.5 Å². The number of likely N-dealkylation sites (N-methyl/N-ethyl adjacent to an activating group) is 1. The van der Waals surface area contributed by atoms with E-state index in [1.165, 1.54) is 0 Å². The van der Waals surface area contributed by atoms with Gasteiger partial charge in [0.15, 0.2) is 5.76 Å². The normalized spacial score (nSPS) is 10.5. The molecule has 1 heterocycles. The van der Waals surface area contributed by atoms with Gasteiger partial charge in [-0.3, -0.25) is 0 Å². The zero-order chi connectivity index (χ0) is 8.81. The first-order valence-corrected chi connectivity index (χ1v) is 3.97. The van der Waals surface area contributed by atoms with E-state index in [-0.39, 0.29) is 0 Å². The molecule has 0 amide bonds. The number of rotatable bonds is 5. The number of aromatic nitrogens is 1. The molecular formula is C8H14N2O2. The van der Waals surface area contributed by atoms with Crippen LogP contribution >= 0.6 is 0 Å². The molecule has 1 N–H and O–H groups in total.